The fourth-order valence-corrected chi connectivity index (χ4v) is 3.89. The molecule has 132 valence electrons. The van der Waals surface area contributed by atoms with Crippen LogP contribution in [0.15, 0.2) is 30.3 Å². The standard InChI is InChI=1S/C17H18BrN3O4/c1-3-24-15(22)17(16(23)25-4-2)10-12-13(14(17)18)19-20-21(12)11-8-6-5-7-9-11/h5-9,14H,3-4,10H2,1-2H3. The number of para-hydroxylation sites is 1. The van der Waals surface area contributed by atoms with Gasteiger partial charge < -0.3 is 9.47 Å². The van der Waals surface area contributed by atoms with Crippen LogP contribution in [-0.2, 0) is 25.5 Å². The summed E-state index contributed by atoms with van der Waals surface area (Å²) in [5.41, 5.74) is 0.544. The first-order valence-corrected chi connectivity index (χ1v) is 8.96. The van der Waals surface area contributed by atoms with Crippen LogP contribution in [0.2, 0.25) is 0 Å². The zero-order chi connectivity index (χ0) is 18.0. The number of alkyl halides is 1. The first-order valence-electron chi connectivity index (χ1n) is 8.04. The summed E-state index contributed by atoms with van der Waals surface area (Å²) in [6, 6.07) is 9.43. The van der Waals surface area contributed by atoms with Gasteiger partial charge in [-0.25, -0.2) is 4.68 Å². The minimum absolute atomic E-state index is 0.109. The average molecular weight is 408 g/mol. The van der Waals surface area contributed by atoms with E-state index in [4.69, 9.17) is 9.47 Å². The van der Waals surface area contributed by atoms with Crippen molar-refractivity contribution in [1.82, 2.24) is 15.0 Å². The van der Waals surface area contributed by atoms with Gasteiger partial charge in [0.1, 0.15) is 5.69 Å². The second-order valence-electron chi connectivity index (χ2n) is 5.62. The highest BCUT2D eigenvalue weighted by Crippen LogP contribution is 2.52. The molecule has 1 heterocycles. The van der Waals surface area contributed by atoms with Crippen molar-refractivity contribution in [1.29, 1.82) is 0 Å². The predicted molar refractivity (Wildman–Crippen MR) is 92.4 cm³/mol. The van der Waals surface area contributed by atoms with Gasteiger partial charge in [-0.15, -0.1) is 5.10 Å². The Morgan fingerprint density at radius 2 is 1.80 bits per heavy atom. The minimum atomic E-state index is -1.50. The summed E-state index contributed by atoms with van der Waals surface area (Å²) in [7, 11) is 0. The van der Waals surface area contributed by atoms with Gasteiger partial charge in [0.2, 0.25) is 0 Å². The fraction of sp³-hybridized carbons (Fsp3) is 0.412. The Morgan fingerprint density at radius 3 is 2.36 bits per heavy atom. The highest BCUT2D eigenvalue weighted by molar-refractivity contribution is 9.09. The lowest BCUT2D eigenvalue weighted by Gasteiger charge is -2.27. The summed E-state index contributed by atoms with van der Waals surface area (Å²) in [5, 5.41) is 8.35. The largest absolute Gasteiger partial charge is 0.465 e. The molecular weight excluding hydrogens is 390 g/mol. The van der Waals surface area contributed by atoms with Gasteiger partial charge in [-0.05, 0) is 26.0 Å². The van der Waals surface area contributed by atoms with Crippen LogP contribution in [0.3, 0.4) is 0 Å². The van der Waals surface area contributed by atoms with E-state index >= 15 is 0 Å². The van der Waals surface area contributed by atoms with Gasteiger partial charge in [-0.2, -0.15) is 0 Å². The van der Waals surface area contributed by atoms with Crippen molar-refractivity contribution in [3.05, 3.63) is 41.7 Å². The van der Waals surface area contributed by atoms with Crippen molar-refractivity contribution in [2.45, 2.75) is 25.1 Å². The van der Waals surface area contributed by atoms with Crippen molar-refractivity contribution in [3.63, 3.8) is 0 Å². The smallest absolute Gasteiger partial charge is 0.325 e. The molecule has 7 nitrogen and oxygen atoms in total. The van der Waals surface area contributed by atoms with E-state index in [9.17, 15) is 9.59 Å². The molecule has 1 aromatic heterocycles. The number of halogens is 1. The van der Waals surface area contributed by atoms with Crippen LogP contribution in [-0.4, -0.2) is 40.1 Å². The van der Waals surface area contributed by atoms with Crippen LogP contribution in [0.4, 0.5) is 0 Å². The van der Waals surface area contributed by atoms with Crippen molar-refractivity contribution < 1.29 is 19.1 Å². The van der Waals surface area contributed by atoms with Crippen LogP contribution >= 0.6 is 15.9 Å². The number of carbonyl (C=O) groups is 2. The molecule has 0 aliphatic heterocycles. The number of ether oxygens (including phenoxy) is 2. The van der Waals surface area contributed by atoms with Gasteiger partial charge in [0.15, 0.2) is 5.41 Å². The number of hydrogen-bond donors (Lipinski definition) is 0. The summed E-state index contributed by atoms with van der Waals surface area (Å²) in [4.78, 5) is 24.7. The monoisotopic (exact) mass is 407 g/mol. The fourth-order valence-electron chi connectivity index (χ4n) is 2.99. The Bertz CT molecular complexity index is 772. The van der Waals surface area contributed by atoms with Crippen molar-refractivity contribution in [3.8, 4) is 5.69 Å². The first-order chi connectivity index (χ1) is 12.1. The quantitative estimate of drug-likeness (QED) is 0.429. The Hall–Kier alpha value is -2.22. The molecule has 1 aromatic carbocycles. The number of hydrogen-bond acceptors (Lipinski definition) is 6. The van der Waals surface area contributed by atoms with Gasteiger partial charge in [0.05, 0.1) is 29.4 Å². The third-order valence-electron chi connectivity index (χ3n) is 4.19. The lowest BCUT2D eigenvalue weighted by Crippen LogP contribution is -2.44. The van der Waals surface area contributed by atoms with Gasteiger partial charge >= 0.3 is 11.9 Å². The Labute approximate surface area is 153 Å². The van der Waals surface area contributed by atoms with Crippen molar-refractivity contribution in [2.75, 3.05) is 13.2 Å². The molecule has 1 atom stereocenters. The van der Waals surface area contributed by atoms with Gasteiger partial charge in [-0.1, -0.05) is 39.3 Å². The number of esters is 2. The highest BCUT2D eigenvalue weighted by atomic mass is 79.9. The van der Waals surface area contributed by atoms with Crippen LogP contribution in [0.25, 0.3) is 5.69 Å². The van der Waals surface area contributed by atoms with E-state index in [1.807, 2.05) is 30.3 Å². The molecule has 0 fully saturated rings. The van der Waals surface area contributed by atoms with E-state index in [0.717, 1.165) is 5.69 Å². The molecule has 3 rings (SSSR count). The van der Waals surface area contributed by atoms with Gasteiger partial charge in [-0.3, -0.25) is 9.59 Å². The molecular formula is C17H18BrN3O4. The first kappa shape index (κ1) is 17.6. The van der Waals surface area contributed by atoms with E-state index in [1.54, 1.807) is 18.5 Å². The second-order valence-corrected chi connectivity index (χ2v) is 6.54. The Balaban J connectivity index is 2.07. The van der Waals surface area contributed by atoms with Crippen molar-refractivity contribution >= 4 is 27.9 Å². The van der Waals surface area contributed by atoms with Crippen LogP contribution < -0.4 is 0 Å². The van der Waals surface area contributed by atoms with Crippen molar-refractivity contribution in [2.24, 2.45) is 5.41 Å². The average Bonchev–Trinajstić information content (AvgIpc) is 3.15. The van der Waals surface area contributed by atoms with E-state index in [0.29, 0.717) is 11.4 Å². The summed E-state index contributed by atoms with van der Waals surface area (Å²) in [6.45, 7) is 3.75. The SMILES string of the molecule is CCOC(=O)C1(C(=O)OCC)Cc2c(nnn2-c2ccccc2)C1Br. The summed E-state index contributed by atoms with van der Waals surface area (Å²) in [5.74, 6) is -1.24. The van der Waals surface area contributed by atoms with E-state index < -0.39 is 22.2 Å². The number of nitrogens with zero attached hydrogens (tertiary/aromatic N) is 3. The molecule has 1 aliphatic rings. The molecule has 0 spiro atoms. The number of aromatic nitrogens is 3. The van der Waals surface area contributed by atoms with E-state index in [-0.39, 0.29) is 19.6 Å². The zero-order valence-corrected chi connectivity index (χ0v) is 15.5. The maximum absolute atomic E-state index is 12.7. The van der Waals surface area contributed by atoms with E-state index in [1.165, 1.54) is 0 Å². The molecule has 1 unspecified atom stereocenters. The summed E-state index contributed by atoms with van der Waals surface area (Å²) < 4.78 is 12.0. The summed E-state index contributed by atoms with van der Waals surface area (Å²) in [6.07, 6.45) is 0.109. The molecule has 1 aliphatic carbocycles. The molecule has 8 heteroatoms. The maximum Gasteiger partial charge on any atom is 0.325 e. The minimum Gasteiger partial charge on any atom is -0.465 e. The van der Waals surface area contributed by atoms with E-state index in [2.05, 4.69) is 26.2 Å². The Kier molecular flexibility index (Phi) is 4.89. The zero-order valence-electron chi connectivity index (χ0n) is 13.9. The molecule has 0 saturated heterocycles. The number of carbonyl (C=O) groups excluding carboxylic acids is 2. The van der Waals surface area contributed by atoms with Gasteiger partial charge in [0.25, 0.3) is 0 Å². The molecule has 2 aromatic rings. The number of fused-ring (bicyclic) bond motifs is 1. The van der Waals surface area contributed by atoms with Gasteiger partial charge in [0, 0.05) is 6.42 Å². The van der Waals surface area contributed by atoms with Crippen LogP contribution in [0.5, 0.6) is 0 Å². The number of benzene rings is 1. The lowest BCUT2D eigenvalue weighted by molar-refractivity contribution is -0.171. The molecule has 0 saturated carbocycles. The molecule has 0 N–H and O–H groups in total. The predicted octanol–water partition coefficient (Wildman–Crippen LogP) is 2.37. The molecule has 0 amide bonds. The maximum atomic E-state index is 12.7. The normalized spacial score (nSPS) is 17.8. The number of rotatable bonds is 5. The molecule has 0 bridgehead atoms. The topological polar surface area (TPSA) is 83.3 Å². The lowest BCUT2D eigenvalue weighted by atomic mass is 9.85. The summed E-state index contributed by atoms with van der Waals surface area (Å²) >= 11 is 3.47. The highest BCUT2D eigenvalue weighted by Gasteiger charge is 2.61. The van der Waals surface area contributed by atoms with Crippen LogP contribution in [0.1, 0.15) is 30.1 Å². The third-order valence-corrected chi connectivity index (χ3v) is 5.41. The molecule has 25 heavy (non-hydrogen) atoms. The van der Waals surface area contributed by atoms with Crippen LogP contribution in [0, 0.1) is 5.41 Å². The second kappa shape index (κ2) is 6.95. The molecule has 0 radical (unpaired) electrons. The Morgan fingerprint density at radius 1 is 1.20 bits per heavy atom. The third kappa shape index (κ3) is 2.74.